The monoisotopic (exact) mass is 375 g/mol. The van der Waals surface area contributed by atoms with Crippen LogP contribution in [0.25, 0.3) is 0 Å². The third-order valence-corrected chi connectivity index (χ3v) is 6.53. The summed E-state index contributed by atoms with van der Waals surface area (Å²) in [5.74, 6) is 0.210. The molecule has 3 fully saturated rings. The normalized spacial score (nSPS) is 29.9. The summed E-state index contributed by atoms with van der Waals surface area (Å²) in [6.45, 7) is 4.51. The second-order valence-electron chi connectivity index (χ2n) is 8.42. The molecule has 3 aliphatic rings. The second-order valence-corrected chi connectivity index (χ2v) is 8.42. The number of benzene rings is 1. The molecule has 1 aromatic rings. The number of hydrogen-bond donors (Lipinski definition) is 4. The number of amides is 1. The van der Waals surface area contributed by atoms with Crippen LogP contribution in [0.15, 0.2) is 24.3 Å². The summed E-state index contributed by atoms with van der Waals surface area (Å²) in [4.78, 5) is 14.9. The average Bonchev–Trinajstić information content (AvgIpc) is 3.30. The second kappa shape index (κ2) is 7.83. The first-order chi connectivity index (χ1) is 13.1. The van der Waals surface area contributed by atoms with Crippen molar-refractivity contribution in [1.29, 1.82) is 0 Å². The van der Waals surface area contributed by atoms with Crippen LogP contribution in [0.4, 0.5) is 4.39 Å². The van der Waals surface area contributed by atoms with Crippen molar-refractivity contribution in [3.8, 4) is 0 Å². The third kappa shape index (κ3) is 4.01. The van der Waals surface area contributed by atoms with Crippen LogP contribution in [0.5, 0.6) is 0 Å². The molecule has 1 amide bonds. The van der Waals surface area contributed by atoms with Crippen LogP contribution < -0.4 is 21.5 Å². The molecular weight excluding hydrogens is 345 g/mol. The van der Waals surface area contributed by atoms with Gasteiger partial charge >= 0.3 is 0 Å². The molecule has 3 atom stereocenters. The molecule has 4 rings (SSSR count). The lowest BCUT2D eigenvalue weighted by Gasteiger charge is -2.33. The van der Waals surface area contributed by atoms with Crippen LogP contribution in [-0.4, -0.2) is 56.6 Å². The Kier molecular flexibility index (Phi) is 5.45. The van der Waals surface area contributed by atoms with Crippen LogP contribution in [0, 0.1) is 17.2 Å². The van der Waals surface area contributed by atoms with Gasteiger partial charge in [-0.2, -0.15) is 0 Å². The van der Waals surface area contributed by atoms with Crippen LogP contribution in [-0.2, 0) is 4.79 Å². The van der Waals surface area contributed by atoms with Crippen molar-refractivity contribution in [2.75, 3.05) is 39.8 Å². The number of carbonyl (C=O) groups is 1. The molecule has 0 bridgehead atoms. The summed E-state index contributed by atoms with van der Waals surface area (Å²) in [7, 11) is 1.90. The van der Waals surface area contributed by atoms with Crippen molar-refractivity contribution in [2.45, 2.75) is 31.3 Å². The van der Waals surface area contributed by atoms with Gasteiger partial charge < -0.3 is 15.5 Å². The van der Waals surface area contributed by atoms with Crippen LogP contribution in [0.2, 0.25) is 0 Å². The maximum absolute atomic E-state index is 13.2. The molecule has 0 saturated carbocycles. The predicted octanol–water partition coefficient (Wildman–Crippen LogP) is 0.781. The fourth-order valence-corrected chi connectivity index (χ4v) is 4.87. The molecule has 0 aromatic heterocycles. The number of hydrazine groups is 1. The van der Waals surface area contributed by atoms with Gasteiger partial charge in [-0.05, 0) is 55.5 Å². The fraction of sp³-hybridized carbons (Fsp3) is 0.650. The maximum Gasteiger partial charge on any atom is 0.239 e. The Morgan fingerprint density at radius 1 is 1.26 bits per heavy atom. The highest BCUT2D eigenvalue weighted by Gasteiger charge is 2.43. The molecule has 7 heteroatoms. The summed E-state index contributed by atoms with van der Waals surface area (Å²) in [6, 6.07) is 6.61. The van der Waals surface area contributed by atoms with E-state index < -0.39 is 0 Å². The molecule has 3 aliphatic heterocycles. The average molecular weight is 375 g/mol. The van der Waals surface area contributed by atoms with Gasteiger partial charge in [0.1, 0.15) is 5.82 Å². The molecule has 1 aromatic carbocycles. The van der Waals surface area contributed by atoms with Gasteiger partial charge in [0, 0.05) is 32.6 Å². The molecule has 3 saturated heterocycles. The number of likely N-dealkylation sites (N-methyl/N-ethyl adjacent to an activating group) is 1. The van der Waals surface area contributed by atoms with Gasteiger partial charge in [0.15, 0.2) is 0 Å². The number of rotatable bonds is 4. The van der Waals surface area contributed by atoms with Crippen LogP contribution in [0.3, 0.4) is 0 Å². The Bertz CT molecular complexity index is 661. The summed E-state index contributed by atoms with van der Waals surface area (Å²) in [6.07, 6.45) is 3.24. The van der Waals surface area contributed by atoms with Gasteiger partial charge in [0.25, 0.3) is 0 Å². The Morgan fingerprint density at radius 3 is 2.74 bits per heavy atom. The first-order valence-electron chi connectivity index (χ1n) is 9.99. The summed E-state index contributed by atoms with van der Waals surface area (Å²) >= 11 is 0. The van der Waals surface area contributed by atoms with E-state index in [-0.39, 0.29) is 29.7 Å². The highest BCUT2D eigenvalue weighted by molar-refractivity contribution is 5.82. The van der Waals surface area contributed by atoms with E-state index in [1.54, 1.807) is 0 Å². The lowest BCUT2D eigenvalue weighted by atomic mass is 9.77. The van der Waals surface area contributed by atoms with E-state index in [2.05, 4.69) is 21.5 Å². The van der Waals surface area contributed by atoms with E-state index in [4.69, 9.17) is 0 Å². The van der Waals surface area contributed by atoms with Gasteiger partial charge in [0.05, 0.1) is 12.1 Å². The minimum atomic E-state index is -0.229. The summed E-state index contributed by atoms with van der Waals surface area (Å²) in [5.41, 5.74) is 7.79. The quantitative estimate of drug-likeness (QED) is 0.626. The minimum absolute atomic E-state index is 0.0697. The van der Waals surface area contributed by atoms with Crippen molar-refractivity contribution in [3.63, 3.8) is 0 Å². The number of carbonyl (C=O) groups excluding carboxylic acids is 1. The zero-order chi connectivity index (χ0) is 18.9. The SMILES string of the molecule is CN(CC1CNNC1c1ccc(F)cc1)C(=O)C1CC2(CCNCC2)CN1. The lowest BCUT2D eigenvalue weighted by molar-refractivity contribution is -0.132. The molecule has 1 spiro atoms. The Hall–Kier alpha value is -1.54. The summed E-state index contributed by atoms with van der Waals surface area (Å²) < 4.78 is 13.2. The highest BCUT2D eigenvalue weighted by atomic mass is 19.1. The van der Waals surface area contributed by atoms with Gasteiger partial charge in [-0.15, -0.1) is 0 Å². The number of hydrogen-bond acceptors (Lipinski definition) is 5. The van der Waals surface area contributed by atoms with E-state index in [0.29, 0.717) is 12.0 Å². The lowest BCUT2D eigenvalue weighted by Crippen LogP contribution is -2.44. The molecule has 6 nitrogen and oxygen atoms in total. The van der Waals surface area contributed by atoms with Crippen LogP contribution >= 0.6 is 0 Å². The molecule has 0 aliphatic carbocycles. The zero-order valence-electron chi connectivity index (χ0n) is 15.9. The van der Waals surface area contributed by atoms with Gasteiger partial charge in [-0.3, -0.25) is 10.2 Å². The van der Waals surface area contributed by atoms with Crippen molar-refractivity contribution >= 4 is 5.91 Å². The molecule has 148 valence electrons. The molecule has 4 N–H and O–H groups in total. The van der Waals surface area contributed by atoms with Gasteiger partial charge in [-0.25, -0.2) is 9.82 Å². The first kappa shape index (κ1) is 18.8. The number of halogens is 1. The highest BCUT2D eigenvalue weighted by Crippen LogP contribution is 2.38. The molecular formula is C20H30FN5O. The fourth-order valence-electron chi connectivity index (χ4n) is 4.87. The topological polar surface area (TPSA) is 68.4 Å². The first-order valence-corrected chi connectivity index (χ1v) is 9.99. The van der Waals surface area contributed by atoms with Crippen LogP contribution in [0.1, 0.15) is 30.9 Å². The third-order valence-electron chi connectivity index (χ3n) is 6.53. The van der Waals surface area contributed by atoms with Crippen molar-refractivity contribution in [1.82, 2.24) is 26.4 Å². The predicted molar refractivity (Wildman–Crippen MR) is 102 cm³/mol. The molecule has 3 heterocycles. The molecule has 0 radical (unpaired) electrons. The van der Waals surface area contributed by atoms with Crippen molar-refractivity contribution in [3.05, 3.63) is 35.6 Å². The minimum Gasteiger partial charge on any atom is -0.344 e. The largest absolute Gasteiger partial charge is 0.344 e. The smallest absolute Gasteiger partial charge is 0.239 e. The van der Waals surface area contributed by atoms with Gasteiger partial charge in [-0.1, -0.05) is 12.1 Å². The van der Waals surface area contributed by atoms with Crippen molar-refractivity contribution < 1.29 is 9.18 Å². The Labute approximate surface area is 160 Å². The standard InChI is InChI=1S/C20H30FN5O/c1-26(19(27)17-10-20(13-23-17)6-8-22-9-7-20)12-15-11-24-25-18(15)14-2-4-16(21)5-3-14/h2-5,15,17-18,22-25H,6-13H2,1H3. The van der Waals surface area contributed by atoms with Gasteiger partial charge in [0.2, 0.25) is 5.91 Å². The van der Waals surface area contributed by atoms with E-state index in [1.165, 1.54) is 12.1 Å². The van der Waals surface area contributed by atoms with E-state index >= 15 is 0 Å². The summed E-state index contributed by atoms with van der Waals surface area (Å²) in [5, 5.41) is 6.89. The maximum atomic E-state index is 13.2. The number of nitrogens with one attached hydrogen (secondary N) is 4. The van der Waals surface area contributed by atoms with E-state index in [0.717, 1.165) is 51.0 Å². The molecule has 27 heavy (non-hydrogen) atoms. The number of nitrogens with zero attached hydrogens (tertiary/aromatic N) is 1. The Balaban J connectivity index is 1.36. The van der Waals surface area contributed by atoms with E-state index in [1.807, 2.05) is 24.1 Å². The van der Waals surface area contributed by atoms with E-state index in [9.17, 15) is 9.18 Å². The molecule has 3 unspecified atom stereocenters. The zero-order valence-corrected chi connectivity index (χ0v) is 15.9. The Morgan fingerprint density at radius 2 is 2.00 bits per heavy atom. The van der Waals surface area contributed by atoms with Crippen molar-refractivity contribution in [2.24, 2.45) is 11.3 Å². The number of piperidine rings is 1.